The third kappa shape index (κ3) is 4.60. The van der Waals surface area contributed by atoms with Gasteiger partial charge in [0, 0.05) is 18.2 Å². The number of nitro groups is 1. The molecule has 0 spiro atoms. The molecule has 0 fully saturated rings. The minimum absolute atomic E-state index is 0.0504. The first-order chi connectivity index (χ1) is 11.9. The SMILES string of the molecule is COc1ccc(OC)c(NC(=O)C(C)Oc2ccc([N+](=O)[O-])cc2)c1. The summed E-state index contributed by atoms with van der Waals surface area (Å²) in [5.74, 6) is 1.01. The van der Waals surface area contributed by atoms with Gasteiger partial charge in [-0.05, 0) is 31.2 Å². The molecule has 8 nitrogen and oxygen atoms in total. The lowest BCUT2D eigenvalue weighted by Gasteiger charge is -2.16. The molecule has 0 aliphatic rings. The van der Waals surface area contributed by atoms with E-state index in [2.05, 4.69) is 5.32 Å². The van der Waals surface area contributed by atoms with Crippen molar-refractivity contribution in [3.63, 3.8) is 0 Å². The molecule has 1 atom stereocenters. The molecule has 0 saturated heterocycles. The lowest BCUT2D eigenvalue weighted by atomic mass is 10.2. The number of nitro benzene ring substituents is 1. The molecule has 25 heavy (non-hydrogen) atoms. The van der Waals surface area contributed by atoms with Crippen LogP contribution >= 0.6 is 0 Å². The summed E-state index contributed by atoms with van der Waals surface area (Å²) < 4.78 is 15.8. The molecule has 1 N–H and O–H groups in total. The molecule has 2 aromatic rings. The highest BCUT2D eigenvalue weighted by molar-refractivity contribution is 5.95. The van der Waals surface area contributed by atoms with E-state index >= 15 is 0 Å². The van der Waals surface area contributed by atoms with Crippen LogP contribution in [-0.4, -0.2) is 31.2 Å². The van der Waals surface area contributed by atoms with E-state index in [0.717, 1.165) is 0 Å². The van der Waals surface area contributed by atoms with Crippen molar-refractivity contribution >= 4 is 17.3 Å². The molecular formula is C17H18N2O6. The van der Waals surface area contributed by atoms with E-state index in [1.807, 2.05) is 0 Å². The highest BCUT2D eigenvalue weighted by Crippen LogP contribution is 2.29. The fourth-order valence-electron chi connectivity index (χ4n) is 2.05. The number of benzene rings is 2. The highest BCUT2D eigenvalue weighted by atomic mass is 16.6. The fraction of sp³-hybridized carbons (Fsp3) is 0.235. The van der Waals surface area contributed by atoms with Crippen LogP contribution in [0.25, 0.3) is 0 Å². The van der Waals surface area contributed by atoms with E-state index < -0.39 is 16.9 Å². The van der Waals surface area contributed by atoms with Crippen LogP contribution in [0.1, 0.15) is 6.92 Å². The van der Waals surface area contributed by atoms with Gasteiger partial charge in [-0.2, -0.15) is 0 Å². The minimum Gasteiger partial charge on any atom is -0.497 e. The Hall–Kier alpha value is -3.29. The molecule has 0 aliphatic heterocycles. The van der Waals surface area contributed by atoms with Gasteiger partial charge >= 0.3 is 0 Å². The summed E-state index contributed by atoms with van der Waals surface area (Å²) in [5, 5.41) is 13.3. The third-order valence-corrected chi connectivity index (χ3v) is 3.39. The van der Waals surface area contributed by atoms with Crippen LogP contribution in [0.4, 0.5) is 11.4 Å². The summed E-state index contributed by atoms with van der Waals surface area (Å²) in [5.41, 5.74) is 0.400. The molecule has 1 unspecified atom stereocenters. The number of rotatable bonds is 7. The van der Waals surface area contributed by atoms with Crippen molar-refractivity contribution in [2.24, 2.45) is 0 Å². The molecule has 132 valence electrons. The first kappa shape index (κ1) is 18.1. The van der Waals surface area contributed by atoms with Crippen LogP contribution in [0.15, 0.2) is 42.5 Å². The zero-order valence-electron chi connectivity index (χ0n) is 14.0. The van der Waals surface area contributed by atoms with Gasteiger partial charge < -0.3 is 19.5 Å². The number of carbonyl (C=O) groups is 1. The maximum atomic E-state index is 12.3. The molecule has 2 rings (SSSR count). The van der Waals surface area contributed by atoms with Crippen LogP contribution in [0, 0.1) is 10.1 Å². The predicted octanol–water partition coefficient (Wildman–Crippen LogP) is 3.02. The molecule has 0 heterocycles. The average molecular weight is 346 g/mol. The van der Waals surface area contributed by atoms with Crippen LogP contribution in [0.3, 0.4) is 0 Å². The quantitative estimate of drug-likeness (QED) is 0.611. The van der Waals surface area contributed by atoms with E-state index in [4.69, 9.17) is 14.2 Å². The van der Waals surface area contributed by atoms with Crippen molar-refractivity contribution in [1.29, 1.82) is 0 Å². The Balaban J connectivity index is 2.06. The number of hydrogen-bond acceptors (Lipinski definition) is 6. The van der Waals surface area contributed by atoms with Gasteiger partial charge in [-0.1, -0.05) is 0 Å². The normalized spacial score (nSPS) is 11.3. The number of carbonyl (C=O) groups excluding carboxylic acids is 1. The second-order valence-corrected chi connectivity index (χ2v) is 5.07. The molecule has 1 amide bonds. The van der Waals surface area contributed by atoms with Crippen molar-refractivity contribution < 1.29 is 23.9 Å². The number of non-ortho nitro benzene ring substituents is 1. The first-order valence-electron chi connectivity index (χ1n) is 7.38. The Kier molecular flexibility index (Phi) is 5.78. The molecule has 2 aromatic carbocycles. The van der Waals surface area contributed by atoms with E-state index in [0.29, 0.717) is 22.9 Å². The summed E-state index contributed by atoms with van der Waals surface area (Å²) in [6.07, 6.45) is -0.822. The third-order valence-electron chi connectivity index (χ3n) is 3.39. The van der Waals surface area contributed by atoms with E-state index in [-0.39, 0.29) is 5.69 Å². The number of hydrogen-bond donors (Lipinski definition) is 1. The number of anilines is 1. The Morgan fingerprint density at radius 2 is 1.72 bits per heavy atom. The number of amides is 1. The molecule has 0 bridgehead atoms. The van der Waals surface area contributed by atoms with Crippen molar-refractivity contribution in [3.8, 4) is 17.2 Å². The van der Waals surface area contributed by atoms with Gasteiger partial charge in [0.1, 0.15) is 17.2 Å². The minimum atomic E-state index is -0.822. The summed E-state index contributed by atoms with van der Waals surface area (Å²) in [4.78, 5) is 22.5. The van der Waals surface area contributed by atoms with Gasteiger partial charge in [0.15, 0.2) is 6.10 Å². The number of ether oxygens (including phenoxy) is 3. The van der Waals surface area contributed by atoms with Crippen molar-refractivity contribution in [2.75, 3.05) is 19.5 Å². The van der Waals surface area contributed by atoms with Gasteiger partial charge in [-0.25, -0.2) is 0 Å². The van der Waals surface area contributed by atoms with E-state index in [1.54, 1.807) is 25.1 Å². The van der Waals surface area contributed by atoms with Crippen molar-refractivity contribution in [2.45, 2.75) is 13.0 Å². The molecule has 0 aromatic heterocycles. The second-order valence-electron chi connectivity index (χ2n) is 5.07. The van der Waals surface area contributed by atoms with Crippen LogP contribution in [0.5, 0.6) is 17.2 Å². The highest BCUT2D eigenvalue weighted by Gasteiger charge is 2.17. The monoisotopic (exact) mass is 346 g/mol. The predicted molar refractivity (Wildman–Crippen MR) is 91.4 cm³/mol. The van der Waals surface area contributed by atoms with E-state index in [1.165, 1.54) is 38.5 Å². The summed E-state index contributed by atoms with van der Waals surface area (Å²) >= 11 is 0. The topological polar surface area (TPSA) is 99.9 Å². The number of nitrogens with one attached hydrogen (secondary N) is 1. The van der Waals surface area contributed by atoms with Gasteiger partial charge in [0.05, 0.1) is 24.8 Å². The van der Waals surface area contributed by atoms with Crippen molar-refractivity contribution in [1.82, 2.24) is 0 Å². The largest absolute Gasteiger partial charge is 0.497 e. The Morgan fingerprint density at radius 3 is 2.28 bits per heavy atom. The maximum absolute atomic E-state index is 12.3. The van der Waals surface area contributed by atoms with E-state index in [9.17, 15) is 14.9 Å². The zero-order valence-corrected chi connectivity index (χ0v) is 14.0. The summed E-state index contributed by atoms with van der Waals surface area (Å²) in [7, 11) is 3.02. The molecule has 0 aliphatic carbocycles. The number of methoxy groups -OCH3 is 2. The molecule has 0 radical (unpaired) electrons. The second kappa shape index (κ2) is 8.00. The Labute approximate surface area is 144 Å². The van der Waals surface area contributed by atoms with Crippen LogP contribution < -0.4 is 19.5 Å². The maximum Gasteiger partial charge on any atom is 0.269 e. The van der Waals surface area contributed by atoms with Crippen LogP contribution in [0.2, 0.25) is 0 Å². The first-order valence-corrected chi connectivity index (χ1v) is 7.38. The Morgan fingerprint density at radius 1 is 1.08 bits per heavy atom. The molecule has 0 saturated carbocycles. The van der Waals surface area contributed by atoms with Gasteiger partial charge in [-0.3, -0.25) is 14.9 Å². The lowest BCUT2D eigenvalue weighted by molar-refractivity contribution is -0.384. The zero-order chi connectivity index (χ0) is 18.4. The summed E-state index contributed by atoms with van der Waals surface area (Å²) in [6, 6.07) is 10.5. The van der Waals surface area contributed by atoms with Gasteiger partial charge in [-0.15, -0.1) is 0 Å². The summed E-state index contributed by atoms with van der Waals surface area (Å²) in [6.45, 7) is 1.57. The number of nitrogens with zero attached hydrogens (tertiary/aromatic N) is 1. The Bertz CT molecular complexity index is 760. The standard InChI is InChI=1S/C17H18N2O6/c1-11(25-13-6-4-12(5-7-13)19(21)22)17(20)18-15-10-14(23-2)8-9-16(15)24-3/h4-11H,1-3H3,(H,18,20). The van der Waals surface area contributed by atoms with Crippen LogP contribution in [-0.2, 0) is 4.79 Å². The average Bonchev–Trinajstić information content (AvgIpc) is 2.61. The molecule has 8 heteroatoms. The smallest absolute Gasteiger partial charge is 0.269 e. The fourth-order valence-corrected chi connectivity index (χ4v) is 2.05. The molecular weight excluding hydrogens is 328 g/mol. The van der Waals surface area contributed by atoms with Gasteiger partial charge in [0.2, 0.25) is 0 Å². The lowest BCUT2D eigenvalue weighted by Crippen LogP contribution is -2.30. The van der Waals surface area contributed by atoms with Crippen molar-refractivity contribution in [3.05, 3.63) is 52.6 Å². The van der Waals surface area contributed by atoms with Gasteiger partial charge in [0.25, 0.3) is 11.6 Å².